The highest BCUT2D eigenvalue weighted by molar-refractivity contribution is 7.89. The van der Waals surface area contributed by atoms with E-state index in [2.05, 4.69) is 0 Å². The van der Waals surface area contributed by atoms with Gasteiger partial charge in [-0.3, -0.25) is 4.79 Å². The molecule has 0 radical (unpaired) electrons. The minimum absolute atomic E-state index is 0.0630. The minimum Gasteiger partial charge on any atom is -0.497 e. The van der Waals surface area contributed by atoms with Crippen LogP contribution in [-0.4, -0.2) is 46.4 Å². The molecular formula is C17H19FN2O4S. The van der Waals surface area contributed by atoms with Crippen LogP contribution in [0.5, 0.6) is 5.75 Å². The third kappa shape index (κ3) is 4.34. The number of anilines is 1. The molecule has 2 aromatic rings. The number of hydrogen-bond acceptors (Lipinski definition) is 4. The maximum atomic E-state index is 13.0. The summed E-state index contributed by atoms with van der Waals surface area (Å²) in [6.07, 6.45) is 0. The summed E-state index contributed by atoms with van der Waals surface area (Å²) in [6.45, 7) is -0.345. The van der Waals surface area contributed by atoms with Crippen LogP contribution in [0.4, 0.5) is 10.1 Å². The lowest BCUT2D eigenvalue weighted by molar-refractivity contribution is -0.118. The van der Waals surface area contributed by atoms with Crippen molar-refractivity contribution in [1.82, 2.24) is 4.31 Å². The molecule has 0 heterocycles. The van der Waals surface area contributed by atoms with E-state index in [0.29, 0.717) is 11.4 Å². The summed E-state index contributed by atoms with van der Waals surface area (Å²) >= 11 is 0. The number of hydrogen-bond donors (Lipinski definition) is 0. The zero-order valence-corrected chi connectivity index (χ0v) is 15.0. The van der Waals surface area contributed by atoms with Crippen LogP contribution < -0.4 is 9.64 Å². The van der Waals surface area contributed by atoms with Gasteiger partial charge in [-0.15, -0.1) is 0 Å². The first-order valence-corrected chi connectivity index (χ1v) is 8.82. The highest BCUT2D eigenvalue weighted by Crippen LogP contribution is 2.19. The van der Waals surface area contributed by atoms with E-state index in [1.807, 2.05) is 0 Å². The number of ether oxygens (including phenoxy) is 1. The molecule has 25 heavy (non-hydrogen) atoms. The SMILES string of the molecule is COc1ccc(S(=O)(=O)N(C)CC(=O)N(C)c2ccc(F)cc2)cc1. The Kier molecular flexibility index (Phi) is 5.76. The summed E-state index contributed by atoms with van der Waals surface area (Å²) in [5.41, 5.74) is 0.474. The first kappa shape index (κ1) is 18.9. The van der Waals surface area contributed by atoms with E-state index in [0.717, 1.165) is 4.31 Å². The van der Waals surface area contributed by atoms with E-state index in [4.69, 9.17) is 4.74 Å². The zero-order chi connectivity index (χ0) is 18.6. The Bertz CT molecular complexity index is 836. The number of nitrogens with zero attached hydrogens (tertiary/aromatic N) is 2. The molecule has 0 aliphatic carbocycles. The van der Waals surface area contributed by atoms with Gasteiger partial charge in [-0.05, 0) is 48.5 Å². The third-order valence-corrected chi connectivity index (χ3v) is 5.53. The van der Waals surface area contributed by atoms with Gasteiger partial charge >= 0.3 is 0 Å². The Morgan fingerprint density at radius 2 is 1.60 bits per heavy atom. The number of sulfonamides is 1. The van der Waals surface area contributed by atoms with Crippen LogP contribution in [0.15, 0.2) is 53.4 Å². The van der Waals surface area contributed by atoms with Crippen LogP contribution in [0.2, 0.25) is 0 Å². The number of benzene rings is 2. The van der Waals surface area contributed by atoms with Crippen LogP contribution in [-0.2, 0) is 14.8 Å². The molecule has 0 aliphatic rings. The predicted octanol–water partition coefficient (Wildman–Crippen LogP) is 2.12. The lowest BCUT2D eigenvalue weighted by atomic mass is 10.3. The smallest absolute Gasteiger partial charge is 0.243 e. The summed E-state index contributed by atoms with van der Waals surface area (Å²) in [7, 11) is 0.507. The van der Waals surface area contributed by atoms with Gasteiger partial charge in [0.15, 0.2) is 0 Å². The van der Waals surface area contributed by atoms with E-state index in [-0.39, 0.29) is 11.4 Å². The van der Waals surface area contributed by atoms with Gasteiger partial charge in [0.25, 0.3) is 0 Å². The van der Waals surface area contributed by atoms with Crippen LogP contribution in [0.25, 0.3) is 0 Å². The molecular weight excluding hydrogens is 347 g/mol. The molecule has 2 aromatic carbocycles. The second kappa shape index (κ2) is 7.62. The first-order valence-electron chi connectivity index (χ1n) is 7.38. The van der Waals surface area contributed by atoms with E-state index >= 15 is 0 Å². The molecule has 0 fully saturated rings. The number of halogens is 1. The fourth-order valence-electron chi connectivity index (χ4n) is 2.12. The van der Waals surface area contributed by atoms with Crippen molar-refractivity contribution in [1.29, 1.82) is 0 Å². The van der Waals surface area contributed by atoms with Crippen molar-refractivity contribution >= 4 is 21.6 Å². The Morgan fingerprint density at radius 3 is 2.12 bits per heavy atom. The average molecular weight is 366 g/mol. The van der Waals surface area contributed by atoms with Gasteiger partial charge in [0.2, 0.25) is 15.9 Å². The molecule has 8 heteroatoms. The Balaban J connectivity index is 2.12. The summed E-state index contributed by atoms with van der Waals surface area (Å²) < 4.78 is 44.0. The van der Waals surface area contributed by atoms with Gasteiger partial charge < -0.3 is 9.64 Å². The molecule has 0 bridgehead atoms. The standard InChI is InChI=1S/C17H19FN2O4S/c1-19(25(22,23)16-10-8-15(24-3)9-11-16)12-17(21)20(2)14-6-4-13(18)5-7-14/h4-11H,12H2,1-3H3. The molecule has 0 saturated carbocycles. The molecule has 134 valence electrons. The molecule has 0 atom stereocenters. The average Bonchev–Trinajstić information content (AvgIpc) is 2.61. The summed E-state index contributed by atoms with van der Waals surface area (Å²) in [5, 5.41) is 0. The van der Waals surface area contributed by atoms with Crippen LogP contribution in [0, 0.1) is 5.82 Å². The van der Waals surface area contributed by atoms with E-state index < -0.39 is 21.7 Å². The first-order chi connectivity index (χ1) is 11.8. The second-order valence-electron chi connectivity index (χ2n) is 5.37. The van der Waals surface area contributed by atoms with Gasteiger partial charge in [-0.25, -0.2) is 12.8 Å². The fourth-order valence-corrected chi connectivity index (χ4v) is 3.24. The summed E-state index contributed by atoms with van der Waals surface area (Å²) in [5.74, 6) is -0.316. The fraction of sp³-hybridized carbons (Fsp3) is 0.235. The van der Waals surface area contributed by atoms with Crippen LogP contribution >= 0.6 is 0 Å². The molecule has 0 aliphatic heterocycles. The van der Waals surface area contributed by atoms with Gasteiger partial charge in [0.1, 0.15) is 11.6 Å². The maximum Gasteiger partial charge on any atom is 0.243 e. The Hall–Kier alpha value is -2.45. The van der Waals surface area contributed by atoms with Crippen molar-refractivity contribution in [2.75, 3.05) is 32.6 Å². The van der Waals surface area contributed by atoms with E-state index in [1.165, 1.54) is 74.6 Å². The minimum atomic E-state index is -3.81. The number of likely N-dealkylation sites (N-methyl/N-ethyl adjacent to an activating group) is 2. The summed E-state index contributed by atoms with van der Waals surface area (Å²) in [6, 6.07) is 11.3. The molecule has 0 saturated heterocycles. The van der Waals surface area contributed by atoms with Crippen molar-refractivity contribution in [3.63, 3.8) is 0 Å². The topological polar surface area (TPSA) is 66.9 Å². The van der Waals surface area contributed by atoms with Gasteiger partial charge in [0, 0.05) is 19.8 Å². The number of amides is 1. The summed E-state index contributed by atoms with van der Waals surface area (Å²) in [4.78, 5) is 13.7. The quantitative estimate of drug-likeness (QED) is 0.785. The molecule has 0 unspecified atom stereocenters. The molecule has 2 rings (SSSR count). The monoisotopic (exact) mass is 366 g/mol. The normalized spacial score (nSPS) is 11.4. The number of carbonyl (C=O) groups is 1. The predicted molar refractivity (Wildman–Crippen MR) is 92.6 cm³/mol. The van der Waals surface area contributed by atoms with Crippen LogP contribution in [0.1, 0.15) is 0 Å². The van der Waals surface area contributed by atoms with E-state index in [1.54, 1.807) is 0 Å². The second-order valence-corrected chi connectivity index (χ2v) is 7.41. The lowest BCUT2D eigenvalue weighted by Crippen LogP contribution is -2.39. The molecule has 6 nitrogen and oxygen atoms in total. The lowest BCUT2D eigenvalue weighted by Gasteiger charge is -2.22. The number of rotatable bonds is 6. The largest absolute Gasteiger partial charge is 0.497 e. The Labute approximate surface area is 146 Å². The highest BCUT2D eigenvalue weighted by atomic mass is 32.2. The number of carbonyl (C=O) groups excluding carboxylic acids is 1. The highest BCUT2D eigenvalue weighted by Gasteiger charge is 2.24. The molecule has 0 spiro atoms. The van der Waals surface area contributed by atoms with Gasteiger partial charge in [0.05, 0.1) is 18.6 Å². The maximum absolute atomic E-state index is 13.0. The van der Waals surface area contributed by atoms with Crippen molar-refractivity contribution in [2.45, 2.75) is 4.90 Å². The van der Waals surface area contributed by atoms with Crippen molar-refractivity contribution in [2.24, 2.45) is 0 Å². The molecule has 0 aromatic heterocycles. The van der Waals surface area contributed by atoms with Gasteiger partial charge in [-0.2, -0.15) is 4.31 Å². The van der Waals surface area contributed by atoms with E-state index in [9.17, 15) is 17.6 Å². The third-order valence-electron chi connectivity index (χ3n) is 3.71. The number of methoxy groups -OCH3 is 1. The Morgan fingerprint density at radius 1 is 1.04 bits per heavy atom. The van der Waals surface area contributed by atoms with Gasteiger partial charge in [-0.1, -0.05) is 0 Å². The van der Waals surface area contributed by atoms with Crippen LogP contribution in [0.3, 0.4) is 0 Å². The molecule has 0 N–H and O–H groups in total. The van der Waals surface area contributed by atoms with Crippen molar-refractivity contribution in [3.05, 3.63) is 54.3 Å². The van der Waals surface area contributed by atoms with Crippen molar-refractivity contribution < 1.29 is 22.3 Å². The zero-order valence-electron chi connectivity index (χ0n) is 14.1. The molecule has 1 amide bonds. The van der Waals surface area contributed by atoms with Crippen molar-refractivity contribution in [3.8, 4) is 5.75 Å².